The number of hydrogen-bond acceptors (Lipinski definition) is 5. The third-order valence-electron chi connectivity index (χ3n) is 2.54. The van der Waals surface area contributed by atoms with Gasteiger partial charge in [0.25, 0.3) is 0 Å². The Bertz CT molecular complexity index is 748. The molecular weight excluding hydrogens is 232 g/mol. The highest BCUT2D eigenvalue weighted by Gasteiger charge is 2.13. The lowest BCUT2D eigenvalue weighted by Crippen LogP contribution is -2.21. The van der Waals surface area contributed by atoms with Crippen LogP contribution in [-0.4, -0.2) is 19.5 Å². The lowest BCUT2D eigenvalue weighted by Gasteiger charge is -2.13. The van der Waals surface area contributed by atoms with Gasteiger partial charge in [0.05, 0.1) is 6.33 Å². The Morgan fingerprint density at radius 2 is 2.17 bits per heavy atom. The number of fused-ring (bicyclic) bond motifs is 1. The van der Waals surface area contributed by atoms with Gasteiger partial charge in [-0.2, -0.15) is 4.98 Å². The second kappa shape index (κ2) is 3.88. The molecule has 0 saturated carbocycles. The van der Waals surface area contributed by atoms with Gasteiger partial charge in [0.2, 0.25) is 5.95 Å². The van der Waals surface area contributed by atoms with E-state index in [0.29, 0.717) is 11.5 Å². The first-order chi connectivity index (χ1) is 8.77. The Kier molecular flexibility index (Phi) is 2.23. The van der Waals surface area contributed by atoms with Crippen LogP contribution < -0.4 is 16.6 Å². The molecule has 0 radical (unpaired) electrons. The summed E-state index contributed by atoms with van der Waals surface area (Å²) in [5, 5.41) is 3.05. The van der Waals surface area contributed by atoms with E-state index in [0.717, 1.165) is 0 Å². The van der Waals surface area contributed by atoms with Gasteiger partial charge in [0, 0.05) is 6.20 Å². The number of nitrogens with zero attached hydrogens (tertiary/aromatic N) is 3. The summed E-state index contributed by atoms with van der Waals surface area (Å²) >= 11 is 0. The number of anilines is 1. The van der Waals surface area contributed by atoms with E-state index in [1.807, 2.05) is 24.3 Å². The molecule has 0 amide bonds. The maximum absolute atomic E-state index is 11.6. The molecule has 1 aliphatic rings. The van der Waals surface area contributed by atoms with Crippen LogP contribution in [0.25, 0.3) is 17.0 Å². The van der Waals surface area contributed by atoms with E-state index < -0.39 is 5.56 Å². The molecule has 0 spiro atoms. The summed E-state index contributed by atoms with van der Waals surface area (Å²) < 4.78 is 1.60. The molecule has 0 bridgehead atoms. The predicted octanol–water partition coefficient (Wildman–Crippen LogP) is 0.173. The monoisotopic (exact) mass is 242 g/mol. The van der Waals surface area contributed by atoms with E-state index in [1.165, 1.54) is 6.33 Å². The normalized spacial score (nSPS) is 14.3. The van der Waals surface area contributed by atoms with Gasteiger partial charge in [-0.05, 0) is 12.2 Å². The summed E-state index contributed by atoms with van der Waals surface area (Å²) in [4.78, 5) is 22.2. The van der Waals surface area contributed by atoms with Crippen molar-refractivity contribution in [2.24, 2.45) is 0 Å². The Morgan fingerprint density at radius 3 is 3.06 bits per heavy atom. The van der Waals surface area contributed by atoms with Crippen molar-refractivity contribution < 1.29 is 0 Å². The minimum absolute atomic E-state index is 0.0965. The lowest BCUT2D eigenvalue weighted by molar-refractivity contribution is 0.972. The van der Waals surface area contributed by atoms with Crippen molar-refractivity contribution >= 4 is 22.9 Å². The van der Waals surface area contributed by atoms with Gasteiger partial charge in [0.15, 0.2) is 11.2 Å². The second-order valence-corrected chi connectivity index (χ2v) is 3.65. The van der Waals surface area contributed by atoms with Gasteiger partial charge in [-0.25, -0.2) is 9.55 Å². The highest BCUT2D eigenvalue weighted by molar-refractivity contribution is 5.76. The van der Waals surface area contributed by atoms with Gasteiger partial charge in [-0.1, -0.05) is 12.2 Å². The van der Waals surface area contributed by atoms with Crippen molar-refractivity contribution in [2.75, 3.05) is 5.73 Å². The average molecular weight is 242 g/mol. The summed E-state index contributed by atoms with van der Waals surface area (Å²) in [6.07, 6.45) is 10.6. The number of imidazole rings is 1. The number of aromatic amines is 1. The third kappa shape index (κ3) is 1.49. The van der Waals surface area contributed by atoms with E-state index in [-0.39, 0.29) is 11.5 Å². The smallest absolute Gasteiger partial charge is 0.302 e. The first-order valence-electron chi connectivity index (χ1n) is 5.29. The van der Waals surface area contributed by atoms with Crippen LogP contribution in [0.3, 0.4) is 0 Å². The Hall–Kier alpha value is -2.83. The molecule has 0 saturated heterocycles. The van der Waals surface area contributed by atoms with E-state index in [4.69, 9.17) is 5.73 Å². The van der Waals surface area contributed by atoms with Gasteiger partial charge < -0.3 is 16.0 Å². The van der Waals surface area contributed by atoms with Gasteiger partial charge in [0.1, 0.15) is 5.82 Å². The van der Waals surface area contributed by atoms with Crippen LogP contribution in [-0.2, 0) is 0 Å². The van der Waals surface area contributed by atoms with Crippen LogP contribution in [0.4, 0.5) is 5.95 Å². The highest BCUT2D eigenvalue weighted by atomic mass is 16.1. The van der Waals surface area contributed by atoms with E-state index in [2.05, 4.69) is 20.3 Å². The molecule has 90 valence electrons. The molecule has 2 aromatic heterocycles. The number of hydrogen-bond donors (Lipinski definition) is 3. The zero-order valence-corrected chi connectivity index (χ0v) is 9.29. The van der Waals surface area contributed by atoms with Crippen molar-refractivity contribution in [3.63, 3.8) is 0 Å². The van der Waals surface area contributed by atoms with E-state index in [1.54, 1.807) is 10.8 Å². The minimum atomic E-state index is -0.444. The van der Waals surface area contributed by atoms with Crippen LogP contribution >= 0.6 is 0 Å². The molecule has 7 nitrogen and oxygen atoms in total. The SMILES string of the molecule is Nc1nc(=O)c2nc[nH]c2n1C1=CC=CC=CN1. The molecule has 7 heteroatoms. The quantitative estimate of drug-likeness (QED) is 0.661. The van der Waals surface area contributed by atoms with Gasteiger partial charge in [-0.15, -0.1) is 0 Å². The maximum Gasteiger partial charge on any atom is 0.302 e. The number of nitrogens with two attached hydrogens (primary N) is 1. The molecule has 0 aliphatic carbocycles. The molecule has 1 aliphatic heterocycles. The summed E-state index contributed by atoms with van der Waals surface area (Å²) in [5.41, 5.74) is 6.12. The Labute approximate surface area is 101 Å². The first kappa shape index (κ1) is 10.3. The largest absolute Gasteiger partial charge is 0.369 e. The summed E-state index contributed by atoms with van der Waals surface area (Å²) in [6, 6.07) is 0. The fraction of sp³-hybridized carbons (Fsp3) is 0. The maximum atomic E-state index is 11.6. The predicted molar refractivity (Wildman–Crippen MR) is 68.2 cm³/mol. The summed E-state index contributed by atoms with van der Waals surface area (Å²) in [6.45, 7) is 0. The van der Waals surface area contributed by atoms with Gasteiger partial charge >= 0.3 is 5.56 Å². The minimum Gasteiger partial charge on any atom is -0.369 e. The van der Waals surface area contributed by atoms with Crippen molar-refractivity contribution in [1.82, 2.24) is 24.8 Å². The standard InChI is InChI=1S/C11H10N6O/c12-11-16-10(18)8-9(15-6-14-8)17(11)7-4-2-1-3-5-13-7/h1-6,13H,(H,14,15)(H2,12,16,18). The molecule has 3 rings (SSSR count). The number of nitrogen functional groups attached to an aromatic ring is 1. The van der Waals surface area contributed by atoms with E-state index >= 15 is 0 Å². The van der Waals surface area contributed by atoms with Crippen LogP contribution in [0.5, 0.6) is 0 Å². The lowest BCUT2D eigenvalue weighted by atomic mass is 10.4. The zero-order chi connectivity index (χ0) is 12.5. The van der Waals surface area contributed by atoms with Crippen LogP contribution in [0.2, 0.25) is 0 Å². The molecule has 0 aromatic carbocycles. The zero-order valence-electron chi connectivity index (χ0n) is 9.29. The molecule has 0 fully saturated rings. The van der Waals surface area contributed by atoms with Crippen molar-refractivity contribution in [3.8, 4) is 0 Å². The van der Waals surface area contributed by atoms with Crippen molar-refractivity contribution in [1.29, 1.82) is 0 Å². The summed E-state index contributed by atoms with van der Waals surface area (Å²) in [5.74, 6) is 0.776. The van der Waals surface area contributed by atoms with Crippen LogP contribution in [0.15, 0.2) is 41.6 Å². The topological polar surface area (TPSA) is 102 Å². The van der Waals surface area contributed by atoms with Crippen molar-refractivity contribution in [3.05, 3.63) is 47.2 Å². The van der Waals surface area contributed by atoms with E-state index in [9.17, 15) is 4.79 Å². The number of allylic oxidation sites excluding steroid dienone is 4. The molecule has 0 atom stereocenters. The number of rotatable bonds is 1. The van der Waals surface area contributed by atoms with Crippen molar-refractivity contribution in [2.45, 2.75) is 0 Å². The highest BCUT2D eigenvalue weighted by Crippen LogP contribution is 2.14. The molecule has 0 unspecified atom stereocenters. The fourth-order valence-corrected chi connectivity index (χ4v) is 1.77. The molecular formula is C11H10N6O. The molecule has 4 N–H and O–H groups in total. The summed E-state index contributed by atoms with van der Waals surface area (Å²) in [7, 11) is 0. The number of H-pyrrole nitrogens is 1. The van der Waals surface area contributed by atoms with Crippen LogP contribution in [0, 0.1) is 0 Å². The Morgan fingerprint density at radius 1 is 1.28 bits per heavy atom. The molecule has 3 heterocycles. The average Bonchev–Trinajstić information content (AvgIpc) is 2.67. The second-order valence-electron chi connectivity index (χ2n) is 3.65. The number of nitrogens with one attached hydrogen (secondary N) is 2. The van der Waals surface area contributed by atoms with Crippen LogP contribution in [0.1, 0.15) is 0 Å². The molecule has 2 aromatic rings. The Balaban J connectivity index is 2.32. The van der Waals surface area contributed by atoms with Gasteiger partial charge in [-0.3, -0.25) is 4.79 Å². The third-order valence-corrected chi connectivity index (χ3v) is 2.54. The molecule has 18 heavy (non-hydrogen) atoms. The fourth-order valence-electron chi connectivity index (χ4n) is 1.77. The number of aromatic nitrogens is 4. The first-order valence-corrected chi connectivity index (χ1v) is 5.29.